The van der Waals surface area contributed by atoms with Gasteiger partial charge in [-0.05, 0) is 24.3 Å². The predicted molar refractivity (Wildman–Crippen MR) is 58.9 cm³/mol. The second kappa shape index (κ2) is 3.81. The van der Waals surface area contributed by atoms with Gasteiger partial charge in [-0.15, -0.1) is 0 Å². The van der Waals surface area contributed by atoms with E-state index in [1.807, 2.05) is 0 Å². The molecule has 1 aromatic heterocycles. The van der Waals surface area contributed by atoms with Crippen LogP contribution in [0.5, 0.6) is 0 Å². The highest BCUT2D eigenvalue weighted by molar-refractivity contribution is 6.33. The van der Waals surface area contributed by atoms with Crippen LogP contribution in [0, 0.1) is 5.41 Å². The third-order valence-electron chi connectivity index (χ3n) is 2.79. The van der Waals surface area contributed by atoms with Crippen LogP contribution in [-0.2, 0) is 0 Å². The number of halogens is 1. The second-order valence-corrected chi connectivity index (χ2v) is 4.76. The molecule has 1 aliphatic carbocycles. The zero-order valence-corrected chi connectivity index (χ0v) is 9.34. The number of carbonyl (C=O) groups is 1. The maximum atomic E-state index is 11.7. The highest BCUT2D eigenvalue weighted by Gasteiger charge is 2.37. The normalized spacial score (nSPS) is 17.2. The van der Waals surface area contributed by atoms with E-state index in [1.165, 1.54) is 19.0 Å². The van der Waals surface area contributed by atoms with E-state index in [2.05, 4.69) is 17.2 Å². The summed E-state index contributed by atoms with van der Waals surface area (Å²) >= 11 is 5.88. The summed E-state index contributed by atoms with van der Waals surface area (Å²) in [6.07, 6.45) is 5.44. The van der Waals surface area contributed by atoms with Crippen molar-refractivity contribution in [3.05, 3.63) is 29.0 Å². The topological polar surface area (TPSA) is 42.0 Å². The quantitative estimate of drug-likeness (QED) is 0.856. The maximum absolute atomic E-state index is 11.7. The number of aromatic nitrogens is 1. The average Bonchev–Trinajstić information content (AvgIpc) is 2.95. The van der Waals surface area contributed by atoms with E-state index in [0.717, 1.165) is 6.54 Å². The lowest BCUT2D eigenvalue weighted by Crippen LogP contribution is -2.29. The summed E-state index contributed by atoms with van der Waals surface area (Å²) in [7, 11) is 0. The van der Waals surface area contributed by atoms with Crippen LogP contribution in [0.4, 0.5) is 0 Å². The smallest absolute Gasteiger partial charge is 0.254 e. The average molecular weight is 225 g/mol. The van der Waals surface area contributed by atoms with Crippen LogP contribution in [0.15, 0.2) is 18.5 Å². The lowest BCUT2D eigenvalue weighted by atomic mass is 10.1. The molecule has 0 spiro atoms. The molecule has 0 aromatic carbocycles. The van der Waals surface area contributed by atoms with E-state index >= 15 is 0 Å². The number of hydrogen-bond donors (Lipinski definition) is 1. The molecule has 1 amide bonds. The van der Waals surface area contributed by atoms with Gasteiger partial charge in [0.25, 0.3) is 5.91 Å². The summed E-state index contributed by atoms with van der Waals surface area (Å²) in [4.78, 5) is 15.6. The fourth-order valence-electron chi connectivity index (χ4n) is 1.32. The van der Waals surface area contributed by atoms with Gasteiger partial charge < -0.3 is 5.32 Å². The molecule has 15 heavy (non-hydrogen) atoms. The Morgan fingerprint density at radius 2 is 2.40 bits per heavy atom. The lowest BCUT2D eigenvalue weighted by molar-refractivity contribution is 0.0946. The first-order valence-electron chi connectivity index (χ1n) is 4.98. The molecule has 0 aliphatic heterocycles. The van der Waals surface area contributed by atoms with E-state index in [1.54, 1.807) is 12.3 Å². The third-order valence-corrected chi connectivity index (χ3v) is 3.12. The standard InChI is InChI=1S/C11H13ClN2O/c1-11(3-4-11)7-14-10(15)8-6-13-5-2-9(8)12/h2,5-6H,3-4,7H2,1H3,(H,14,15). The zero-order valence-electron chi connectivity index (χ0n) is 8.59. The number of nitrogens with one attached hydrogen (secondary N) is 1. The van der Waals surface area contributed by atoms with Gasteiger partial charge in [0.15, 0.2) is 0 Å². The number of rotatable bonds is 3. The highest BCUT2D eigenvalue weighted by Crippen LogP contribution is 2.44. The lowest BCUT2D eigenvalue weighted by Gasteiger charge is -2.10. The summed E-state index contributed by atoms with van der Waals surface area (Å²) in [6.45, 7) is 2.88. The van der Waals surface area contributed by atoms with Crippen LogP contribution in [-0.4, -0.2) is 17.4 Å². The minimum Gasteiger partial charge on any atom is -0.351 e. The first-order valence-corrected chi connectivity index (χ1v) is 5.36. The van der Waals surface area contributed by atoms with Crippen molar-refractivity contribution in [1.29, 1.82) is 0 Å². The molecule has 0 atom stereocenters. The Hall–Kier alpha value is -1.09. The molecule has 3 nitrogen and oxygen atoms in total. The summed E-state index contributed by atoms with van der Waals surface area (Å²) in [6, 6.07) is 1.62. The van der Waals surface area contributed by atoms with Crippen LogP contribution in [0.1, 0.15) is 30.1 Å². The van der Waals surface area contributed by atoms with Crippen molar-refractivity contribution >= 4 is 17.5 Å². The van der Waals surface area contributed by atoms with Gasteiger partial charge in [-0.3, -0.25) is 9.78 Å². The van der Waals surface area contributed by atoms with Crippen molar-refractivity contribution in [2.75, 3.05) is 6.54 Å². The van der Waals surface area contributed by atoms with E-state index in [-0.39, 0.29) is 5.91 Å². The number of pyridine rings is 1. The van der Waals surface area contributed by atoms with Gasteiger partial charge >= 0.3 is 0 Å². The molecule has 80 valence electrons. The van der Waals surface area contributed by atoms with Crippen LogP contribution in [0.25, 0.3) is 0 Å². The molecule has 0 bridgehead atoms. The summed E-state index contributed by atoms with van der Waals surface area (Å²) in [5.41, 5.74) is 0.757. The van der Waals surface area contributed by atoms with Crippen LogP contribution in [0.2, 0.25) is 5.02 Å². The summed E-state index contributed by atoms with van der Waals surface area (Å²) < 4.78 is 0. The fraction of sp³-hybridized carbons (Fsp3) is 0.455. The molecule has 1 saturated carbocycles. The Labute approximate surface area is 93.8 Å². The van der Waals surface area contributed by atoms with Crippen molar-refractivity contribution < 1.29 is 4.79 Å². The number of hydrogen-bond acceptors (Lipinski definition) is 2. The molecule has 0 unspecified atom stereocenters. The third kappa shape index (κ3) is 2.48. The van der Waals surface area contributed by atoms with Crippen molar-refractivity contribution in [3.8, 4) is 0 Å². The van der Waals surface area contributed by atoms with Gasteiger partial charge in [0.1, 0.15) is 0 Å². The minimum atomic E-state index is -0.138. The second-order valence-electron chi connectivity index (χ2n) is 4.35. The molecular formula is C11H13ClN2O. The molecule has 1 aromatic rings. The Balaban J connectivity index is 1.99. The molecule has 1 N–H and O–H groups in total. The van der Waals surface area contributed by atoms with E-state index in [4.69, 9.17) is 11.6 Å². The monoisotopic (exact) mass is 224 g/mol. The number of carbonyl (C=O) groups excluding carboxylic acids is 1. The molecule has 1 fully saturated rings. The number of amides is 1. The van der Waals surface area contributed by atoms with Gasteiger partial charge in [-0.2, -0.15) is 0 Å². The van der Waals surface area contributed by atoms with Crippen LogP contribution >= 0.6 is 11.6 Å². The van der Waals surface area contributed by atoms with Gasteiger partial charge in [0.05, 0.1) is 10.6 Å². The van der Waals surface area contributed by atoms with Crippen molar-refractivity contribution in [2.45, 2.75) is 19.8 Å². The molecule has 2 rings (SSSR count). The molecule has 1 aliphatic rings. The van der Waals surface area contributed by atoms with Crippen molar-refractivity contribution in [2.24, 2.45) is 5.41 Å². The molecule has 1 heterocycles. The van der Waals surface area contributed by atoms with Gasteiger partial charge in [0.2, 0.25) is 0 Å². The van der Waals surface area contributed by atoms with Crippen LogP contribution in [0.3, 0.4) is 0 Å². The van der Waals surface area contributed by atoms with Crippen molar-refractivity contribution in [3.63, 3.8) is 0 Å². The van der Waals surface area contributed by atoms with E-state index in [9.17, 15) is 4.79 Å². The number of nitrogens with zero attached hydrogens (tertiary/aromatic N) is 1. The Morgan fingerprint density at radius 3 is 3.00 bits per heavy atom. The SMILES string of the molecule is CC1(CNC(=O)c2cnccc2Cl)CC1. The first kappa shape index (κ1) is 10.4. The highest BCUT2D eigenvalue weighted by atomic mass is 35.5. The molecule has 0 saturated heterocycles. The Morgan fingerprint density at radius 1 is 1.67 bits per heavy atom. The largest absolute Gasteiger partial charge is 0.351 e. The predicted octanol–water partition coefficient (Wildman–Crippen LogP) is 2.26. The maximum Gasteiger partial charge on any atom is 0.254 e. The van der Waals surface area contributed by atoms with Gasteiger partial charge in [0, 0.05) is 18.9 Å². The molecular weight excluding hydrogens is 212 g/mol. The first-order chi connectivity index (χ1) is 7.11. The molecule has 4 heteroatoms. The molecule has 0 radical (unpaired) electrons. The van der Waals surface area contributed by atoms with Crippen molar-refractivity contribution in [1.82, 2.24) is 10.3 Å². The van der Waals surface area contributed by atoms with E-state index < -0.39 is 0 Å². The van der Waals surface area contributed by atoms with Crippen LogP contribution < -0.4 is 5.32 Å². The fourth-order valence-corrected chi connectivity index (χ4v) is 1.51. The van der Waals surface area contributed by atoms with Gasteiger partial charge in [-0.25, -0.2) is 0 Å². The minimum absolute atomic E-state index is 0.138. The van der Waals surface area contributed by atoms with Gasteiger partial charge in [-0.1, -0.05) is 18.5 Å². The Bertz CT molecular complexity index is 388. The van der Waals surface area contributed by atoms with E-state index in [0.29, 0.717) is 16.0 Å². The summed E-state index contributed by atoms with van der Waals surface area (Å²) in [5.74, 6) is -0.138. The Kier molecular flexibility index (Phi) is 2.65. The zero-order chi connectivity index (χ0) is 10.9. The summed E-state index contributed by atoms with van der Waals surface area (Å²) in [5, 5.41) is 3.33.